The number of nitrogens with zero attached hydrogens (tertiary/aromatic N) is 5. The zero-order valence-corrected chi connectivity index (χ0v) is 39.9. The lowest BCUT2D eigenvalue weighted by Gasteiger charge is -2.37. The average molecular weight is 874 g/mol. The van der Waals surface area contributed by atoms with E-state index in [2.05, 4.69) is 246 Å². The summed E-state index contributed by atoms with van der Waals surface area (Å²) in [6.07, 6.45) is 3.88. The third kappa shape index (κ3) is 7.47. The predicted molar refractivity (Wildman–Crippen MR) is 279 cm³/mol. The van der Waals surface area contributed by atoms with E-state index in [0.717, 1.165) is 39.4 Å². The molecule has 10 rings (SSSR count). The Hall–Kier alpha value is -7.37. The van der Waals surface area contributed by atoms with Gasteiger partial charge in [0.25, 0.3) is 0 Å². The first kappa shape index (κ1) is 43.5. The third-order valence-electron chi connectivity index (χ3n) is 13.8. The van der Waals surface area contributed by atoms with Gasteiger partial charge in [-0.05, 0) is 110 Å². The van der Waals surface area contributed by atoms with Crippen molar-refractivity contribution in [2.24, 2.45) is 0 Å². The number of para-hydroxylation sites is 2. The summed E-state index contributed by atoms with van der Waals surface area (Å²) >= 11 is 0. The van der Waals surface area contributed by atoms with Crippen LogP contribution in [0.4, 0.5) is 0 Å². The van der Waals surface area contributed by atoms with E-state index >= 15 is 0 Å². The Balaban J connectivity index is 1.24. The fourth-order valence-corrected chi connectivity index (χ4v) is 10.7. The fraction of sp³-hybridized carbons (Fsp3) is 0.210. The number of hydrogen-bond acceptors (Lipinski definition) is 3. The highest BCUT2D eigenvalue weighted by Gasteiger charge is 2.39. The van der Waals surface area contributed by atoms with Gasteiger partial charge in [0.15, 0.2) is 5.82 Å². The second-order valence-electron chi connectivity index (χ2n) is 19.3. The topological polar surface area (TPSA) is 48.5 Å². The Morgan fingerprint density at radius 3 is 1.60 bits per heavy atom. The molecule has 0 saturated carbocycles. The molecule has 0 N–H and O–H groups in total. The summed E-state index contributed by atoms with van der Waals surface area (Å²) in [7, 11) is 0. The molecule has 0 saturated heterocycles. The van der Waals surface area contributed by atoms with Gasteiger partial charge in [0.2, 0.25) is 0 Å². The van der Waals surface area contributed by atoms with Crippen molar-refractivity contribution in [3.05, 3.63) is 233 Å². The van der Waals surface area contributed by atoms with Gasteiger partial charge in [0, 0.05) is 22.5 Å². The molecule has 10 aromatic rings. The van der Waals surface area contributed by atoms with Gasteiger partial charge < -0.3 is 0 Å². The van der Waals surface area contributed by atoms with E-state index in [1.807, 2.05) is 12.5 Å². The molecular formula is C62H59N5. The zero-order chi connectivity index (χ0) is 46.4. The normalized spacial score (nSPS) is 12.1. The zero-order valence-electron chi connectivity index (χ0n) is 39.9. The summed E-state index contributed by atoms with van der Waals surface area (Å²) < 4.78 is 4.59. The standard InChI is InChI=1S/C62H59N5/c1-40(2)50-27-18-28-51(41(3)4)59(50)44-34-35-63-58(37-44)67-56-31-16-15-26-54(56)55-33-32-49(38-57(55)67)62(46-21-11-9-12-22-46,47-23-13-10-14-24-47)48-25-17-20-45(36-48)61-65-64-39-66(61)60-52(42(5)6)29-19-30-53(60)43(7)8/h9-43H,1-8H3. The van der Waals surface area contributed by atoms with Crippen LogP contribution in [0.5, 0.6) is 0 Å². The molecule has 5 heteroatoms. The van der Waals surface area contributed by atoms with Gasteiger partial charge in [-0.3, -0.25) is 9.13 Å². The highest BCUT2D eigenvalue weighted by Crippen LogP contribution is 2.48. The first-order valence-electron chi connectivity index (χ1n) is 24.0. The van der Waals surface area contributed by atoms with E-state index in [9.17, 15) is 0 Å². The number of hydrogen-bond donors (Lipinski definition) is 0. The van der Waals surface area contributed by atoms with E-state index in [0.29, 0.717) is 23.7 Å². The molecule has 3 aromatic heterocycles. The van der Waals surface area contributed by atoms with Crippen LogP contribution in [0, 0.1) is 0 Å². The van der Waals surface area contributed by atoms with E-state index in [1.54, 1.807) is 0 Å². The van der Waals surface area contributed by atoms with Gasteiger partial charge >= 0.3 is 0 Å². The maximum atomic E-state index is 5.18. The van der Waals surface area contributed by atoms with Crippen molar-refractivity contribution in [1.82, 2.24) is 24.3 Å². The fourth-order valence-electron chi connectivity index (χ4n) is 10.7. The first-order valence-corrected chi connectivity index (χ1v) is 24.0. The predicted octanol–water partition coefficient (Wildman–Crippen LogP) is 16.0. The molecule has 0 bridgehead atoms. The van der Waals surface area contributed by atoms with E-state index in [4.69, 9.17) is 10.1 Å². The highest BCUT2D eigenvalue weighted by molar-refractivity contribution is 6.09. The van der Waals surface area contributed by atoms with Crippen molar-refractivity contribution in [3.63, 3.8) is 0 Å². The maximum Gasteiger partial charge on any atom is 0.168 e. The molecular weight excluding hydrogens is 815 g/mol. The minimum absolute atomic E-state index is 0.315. The van der Waals surface area contributed by atoms with Crippen LogP contribution < -0.4 is 0 Å². The van der Waals surface area contributed by atoms with Crippen LogP contribution in [-0.2, 0) is 5.41 Å². The Kier molecular flexibility index (Phi) is 11.6. The van der Waals surface area contributed by atoms with Crippen molar-refractivity contribution < 1.29 is 0 Å². The smallest absolute Gasteiger partial charge is 0.168 e. The molecule has 3 heterocycles. The van der Waals surface area contributed by atoms with Gasteiger partial charge in [-0.25, -0.2) is 4.98 Å². The molecule has 0 atom stereocenters. The molecule has 0 aliphatic heterocycles. The highest BCUT2D eigenvalue weighted by atomic mass is 15.3. The van der Waals surface area contributed by atoms with Crippen LogP contribution in [0.1, 0.15) is 124 Å². The molecule has 0 fully saturated rings. The molecule has 332 valence electrons. The molecule has 5 nitrogen and oxygen atoms in total. The third-order valence-corrected chi connectivity index (χ3v) is 13.8. The summed E-state index contributed by atoms with van der Waals surface area (Å²) in [5.41, 5.74) is 16.0. The van der Waals surface area contributed by atoms with Gasteiger partial charge in [-0.15, -0.1) is 10.2 Å². The lowest BCUT2D eigenvalue weighted by atomic mass is 9.65. The number of fused-ring (bicyclic) bond motifs is 3. The summed E-state index contributed by atoms with van der Waals surface area (Å²) in [6.45, 7) is 18.2. The van der Waals surface area contributed by atoms with Crippen molar-refractivity contribution in [1.29, 1.82) is 0 Å². The van der Waals surface area contributed by atoms with Gasteiger partial charge in [0.05, 0.1) is 22.1 Å². The first-order chi connectivity index (χ1) is 32.6. The summed E-state index contributed by atoms with van der Waals surface area (Å²) in [5.74, 6) is 3.07. The number of rotatable bonds is 12. The van der Waals surface area contributed by atoms with Crippen LogP contribution in [-0.4, -0.2) is 24.3 Å². The van der Waals surface area contributed by atoms with Gasteiger partial charge in [0.1, 0.15) is 12.1 Å². The molecule has 0 radical (unpaired) electrons. The van der Waals surface area contributed by atoms with Crippen LogP contribution in [0.2, 0.25) is 0 Å². The second-order valence-corrected chi connectivity index (χ2v) is 19.3. The molecule has 0 unspecified atom stereocenters. The maximum absolute atomic E-state index is 5.18. The van der Waals surface area contributed by atoms with E-state index < -0.39 is 5.41 Å². The molecule has 0 spiro atoms. The Morgan fingerprint density at radius 2 is 0.970 bits per heavy atom. The molecule has 0 aliphatic carbocycles. The van der Waals surface area contributed by atoms with Crippen molar-refractivity contribution >= 4 is 21.8 Å². The van der Waals surface area contributed by atoms with Crippen LogP contribution in [0.25, 0.3) is 55.8 Å². The molecule has 7 aromatic carbocycles. The van der Waals surface area contributed by atoms with Gasteiger partial charge in [-0.2, -0.15) is 0 Å². The van der Waals surface area contributed by atoms with E-state index in [-0.39, 0.29) is 0 Å². The van der Waals surface area contributed by atoms with Crippen LogP contribution in [0.3, 0.4) is 0 Å². The van der Waals surface area contributed by atoms with E-state index in [1.165, 1.54) is 61.0 Å². The molecule has 0 aliphatic rings. The summed E-state index contributed by atoms with van der Waals surface area (Å²) in [6, 6.07) is 64.8. The van der Waals surface area contributed by atoms with Crippen molar-refractivity contribution in [2.75, 3.05) is 0 Å². The minimum Gasteiger partial charge on any atom is -0.294 e. The van der Waals surface area contributed by atoms with Crippen molar-refractivity contribution in [3.8, 4) is 34.0 Å². The van der Waals surface area contributed by atoms with Crippen LogP contribution >= 0.6 is 0 Å². The van der Waals surface area contributed by atoms with Crippen molar-refractivity contribution in [2.45, 2.75) is 84.5 Å². The number of pyridine rings is 1. The number of aromatic nitrogens is 5. The summed E-state index contributed by atoms with van der Waals surface area (Å²) in [5, 5.41) is 11.8. The van der Waals surface area contributed by atoms with Crippen LogP contribution in [0.15, 0.2) is 188 Å². The lowest BCUT2D eigenvalue weighted by molar-refractivity contribution is 0.746. The molecule has 67 heavy (non-hydrogen) atoms. The molecule has 0 amide bonds. The Bertz CT molecular complexity index is 3280. The summed E-state index contributed by atoms with van der Waals surface area (Å²) in [4.78, 5) is 5.18. The quantitative estimate of drug-likeness (QED) is 0.115. The minimum atomic E-state index is -0.741. The SMILES string of the molecule is CC(C)c1cccc(C(C)C)c1-c1ccnc(-n2c3ccccc3c3ccc(C(c4ccccc4)(c4ccccc4)c4cccc(-c5nncn5-c5c(C(C)C)cccc5C(C)C)c4)cc32)c1. The monoisotopic (exact) mass is 873 g/mol. The largest absolute Gasteiger partial charge is 0.294 e. The average Bonchev–Trinajstić information content (AvgIpc) is 3.98. The Labute approximate surface area is 395 Å². The Morgan fingerprint density at radius 1 is 0.433 bits per heavy atom. The van der Waals surface area contributed by atoms with Gasteiger partial charge in [-0.1, -0.05) is 201 Å². The lowest BCUT2D eigenvalue weighted by Crippen LogP contribution is -2.31. The second kappa shape index (κ2) is 17.8. The number of benzene rings is 7.